The zero-order valence-electron chi connectivity index (χ0n) is 8.51. The average Bonchev–Trinajstić information content (AvgIpc) is 2.58. The Labute approximate surface area is 87.7 Å². The smallest absolute Gasteiger partial charge is 0.153 e. The van der Waals surface area contributed by atoms with Gasteiger partial charge in [0.2, 0.25) is 0 Å². The predicted molar refractivity (Wildman–Crippen MR) is 58.4 cm³/mol. The molecule has 0 aliphatic rings. The Balaban J connectivity index is 2.49. The number of pyridine rings is 1. The first-order valence-electron chi connectivity index (χ1n) is 4.68. The Morgan fingerprint density at radius 1 is 1.40 bits per heavy atom. The zero-order chi connectivity index (χ0) is 10.8. The Morgan fingerprint density at radius 2 is 2.20 bits per heavy atom. The third-order valence-corrected chi connectivity index (χ3v) is 2.17. The molecular formula is C10H13N5. The summed E-state index contributed by atoms with van der Waals surface area (Å²) < 4.78 is 1.70. The van der Waals surface area contributed by atoms with E-state index in [2.05, 4.69) is 10.1 Å². The highest BCUT2D eigenvalue weighted by molar-refractivity contribution is 5.35. The van der Waals surface area contributed by atoms with E-state index in [1.807, 2.05) is 19.1 Å². The summed E-state index contributed by atoms with van der Waals surface area (Å²) in [7, 11) is 0. The van der Waals surface area contributed by atoms with Gasteiger partial charge in [0, 0.05) is 24.5 Å². The lowest BCUT2D eigenvalue weighted by Crippen LogP contribution is -2.04. The van der Waals surface area contributed by atoms with Crippen LogP contribution in [0.1, 0.15) is 11.3 Å². The molecule has 2 aromatic heterocycles. The number of aryl methyl sites for hydroxylation is 1. The third kappa shape index (κ3) is 1.82. The van der Waals surface area contributed by atoms with Crippen LogP contribution in [0.4, 0.5) is 5.82 Å². The quantitative estimate of drug-likeness (QED) is 0.749. The highest BCUT2D eigenvalue weighted by Crippen LogP contribution is 2.11. The fourth-order valence-electron chi connectivity index (χ4n) is 1.43. The fourth-order valence-corrected chi connectivity index (χ4v) is 1.43. The van der Waals surface area contributed by atoms with Crippen LogP contribution >= 0.6 is 0 Å². The Morgan fingerprint density at radius 3 is 2.80 bits per heavy atom. The summed E-state index contributed by atoms with van der Waals surface area (Å²) in [5.74, 6) is 1.24. The molecule has 0 aliphatic carbocycles. The molecule has 2 rings (SSSR count). The largest absolute Gasteiger partial charge is 0.382 e. The number of nitrogens with two attached hydrogens (primary N) is 2. The van der Waals surface area contributed by atoms with Crippen molar-refractivity contribution < 1.29 is 0 Å². The maximum absolute atomic E-state index is 5.60. The number of hydrogen-bond donors (Lipinski definition) is 2. The van der Waals surface area contributed by atoms with Gasteiger partial charge in [-0.15, -0.1) is 5.10 Å². The van der Waals surface area contributed by atoms with Gasteiger partial charge in [-0.05, 0) is 24.6 Å². The van der Waals surface area contributed by atoms with Crippen LogP contribution in [0.3, 0.4) is 0 Å². The van der Waals surface area contributed by atoms with Gasteiger partial charge in [0.1, 0.15) is 5.82 Å². The second-order valence-corrected chi connectivity index (χ2v) is 3.35. The standard InChI is InChI=1S/C10H13N5/c1-7-4-9(12)14-15(7)10-5-8(6-11)2-3-13-10/h2-5H,6,11H2,1H3,(H2,12,14). The van der Waals surface area contributed by atoms with Crippen molar-refractivity contribution in [2.75, 3.05) is 5.73 Å². The Hall–Kier alpha value is -1.88. The molecule has 0 radical (unpaired) electrons. The van der Waals surface area contributed by atoms with Crippen LogP contribution in [0.25, 0.3) is 5.82 Å². The molecule has 15 heavy (non-hydrogen) atoms. The SMILES string of the molecule is Cc1cc(N)nn1-c1cc(CN)ccn1. The van der Waals surface area contributed by atoms with Gasteiger partial charge >= 0.3 is 0 Å². The molecule has 0 unspecified atom stereocenters. The molecule has 5 heteroatoms. The van der Waals surface area contributed by atoms with Crippen molar-refractivity contribution in [3.8, 4) is 5.82 Å². The van der Waals surface area contributed by atoms with Crippen LogP contribution in [0.15, 0.2) is 24.4 Å². The minimum absolute atomic E-state index is 0.491. The van der Waals surface area contributed by atoms with E-state index in [1.165, 1.54) is 0 Å². The molecule has 0 saturated heterocycles. The van der Waals surface area contributed by atoms with Gasteiger partial charge < -0.3 is 11.5 Å². The van der Waals surface area contributed by atoms with Gasteiger partial charge in [-0.3, -0.25) is 0 Å². The molecule has 0 amide bonds. The van der Waals surface area contributed by atoms with Crippen LogP contribution in [-0.4, -0.2) is 14.8 Å². The van der Waals surface area contributed by atoms with E-state index >= 15 is 0 Å². The summed E-state index contributed by atoms with van der Waals surface area (Å²) in [6.07, 6.45) is 1.72. The zero-order valence-corrected chi connectivity index (χ0v) is 8.51. The molecule has 0 bridgehead atoms. The molecule has 0 aromatic carbocycles. The monoisotopic (exact) mass is 203 g/mol. The minimum Gasteiger partial charge on any atom is -0.382 e. The van der Waals surface area contributed by atoms with Crippen LogP contribution in [0.2, 0.25) is 0 Å². The number of aromatic nitrogens is 3. The topological polar surface area (TPSA) is 82.8 Å². The first-order chi connectivity index (χ1) is 7.20. The average molecular weight is 203 g/mol. The summed E-state index contributed by atoms with van der Waals surface area (Å²) in [5.41, 5.74) is 13.1. The molecule has 78 valence electrons. The van der Waals surface area contributed by atoms with Gasteiger partial charge in [0.15, 0.2) is 5.82 Å². The summed E-state index contributed by atoms with van der Waals surface area (Å²) in [5, 5.41) is 4.15. The number of hydrogen-bond acceptors (Lipinski definition) is 4. The maximum atomic E-state index is 5.60. The van der Waals surface area contributed by atoms with Crippen molar-refractivity contribution in [1.29, 1.82) is 0 Å². The molecule has 0 atom stereocenters. The number of nitrogens with zero attached hydrogens (tertiary/aromatic N) is 3. The van der Waals surface area contributed by atoms with E-state index in [9.17, 15) is 0 Å². The second kappa shape index (κ2) is 3.70. The first kappa shape index (κ1) is 9.67. The van der Waals surface area contributed by atoms with Crippen molar-refractivity contribution in [3.05, 3.63) is 35.7 Å². The van der Waals surface area contributed by atoms with Crippen molar-refractivity contribution in [1.82, 2.24) is 14.8 Å². The van der Waals surface area contributed by atoms with Gasteiger partial charge in [0.25, 0.3) is 0 Å². The van der Waals surface area contributed by atoms with E-state index in [0.717, 1.165) is 17.1 Å². The molecule has 2 aromatic rings. The molecule has 0 fully saturated rings. The lowest BCUT2D eigenvalue weighted by atomic mass is 10.2. The number of anilines is 1. The molecular weight excluding hydrogens is 190 g/mol. The third-order valence-electron chi connectivity index (χ3n) is 2.17. The van der Waals surface area contributed by atoms with Crippen LogP contribution in [0.5, 0.6) is 0 Å². The molecule has 2 heterocycles. The van der Waals surface area contributed by atoms with E-state index in [0.29, 0.717) is 12.4 Å². The van der Waals surface area contributed by atoms with E-state index in [-0.39, 0.29) is 0 Å². The maximum Gasteiger partial charge on any atom is 0.153 e. The van der Waals surface area contributed by atoms with E-state index in [4.69, 9.17) is 11.5 Å². The summed E-state index contributed by atoms with van der Waals surface area (Å²) >= 11 is 0. The van der Waals surface area contributed by atoms with Gasteiger partial charge in [-0.25, -0.2) is 9.67 Å². The summed E-state index contributed by atoms with van der Waals surface area (Å²) in [4.78, 5) is 4.22. The predicted octanol–water partition coefficient (Wildman–Crippen LogP) is 0.617. The van der Waals surface area contributed by atoms with Gasteiger partial charge in [-0.2, -0.15) is 0 Å². The van der Waals surface area contributed by atoms with E-state index < -0.39 is 0 Å². The molecule has 0 spiro atoms. The molecule has 4 N–H and O–H groups in total. The van der Waals surface area contributed by atoms with Crippen LogP contribution in [-0.2, 0) is 6.54 Å². The van der Waals surface area contributed by atoms with Crippen molar-refractivity contribution >= 4 is 5.82 Å². The molecule has 0 saturated carbocycles. The van der Waals surface area contributed by atoms with Gasteiger partial charge in [0.05, 0.1) is 0 Å². The molecule has 0 aliphatic heterocycles. The second-order valence-electron chi connectivity index (χ2n) is 3.35. The van der Waals surface area contributed by atoms with Crippen LogP contribution in [0, 0.1) is 6.92 Å². The summed E-state index contributed by atoms with van der Waals surface area (Å²) in [6.45, 7) is 2.42. The summed E-state index contributed by atoms with van der Waals surface area (Å²) in [6, 6.07) is 5.59. The van der Waals surface area contributed by atoms with Crippen LogP contribution < -0.4 is 11.5 Å². The highest BCUT2D eigenvalue weighted by atomic mass is 15.3. The van der Waals surface area contributed by atoms with E-state index in [1.54, 1.807) is 16.9 Å². The van der Waals surface area contributed by atoms with Crippen molar-refractivity contribution in [2.45, 2.75) is 13.5 Å². The fraction of sp³-hybridized carbons (Fsp3) is 0.200. The molecule has 5 nitrogen and oxygen atoms in total. The lowest BCUT2D eigenvalue weighted by Gasteiger charge is -2.04. The first-order valence-corrected chi connectivity index (χ1v) is 4.68. The van der Waals surface area contributed by atoms with Crippen molar-refractivity contribution in [2.24, 2.45) is 5.73 Å². The number of nitrogen functional groups attached to an aromatic ring is 1. The number of rotatable bonds is 2. The highest BCUT2D eigenvalue weighted by Gasteiger charge is 2.05. The van der Waals surface area contributed by atoms with Crippen molar-refractivity contribution in [3.63, 3.8) is 0 Å². The van der Waals surface area contributed by atoms with Gasteiger partial charge in [-0.1, -0.05) is 0 Å². The Bertz CT molecular complexity index is 474. The normalized spacial score (nSPS) is 10.5. The minimum atomic E-state index is 0.491. The Kier molecular flexibility index (Phi) is 2.39. The lowest BCUT2D eigenvalue weighted by molar-refractivity contribution is 0.817.